The van der Waals surface area contributed by atoms with E-state index in [1.54, 1.807) is 31.2 Å². The van der Waals surface area contributed by atoms with Crippen molar-refractivity contribution in [1.29, 1.82) is 0 Å². The number of para-hydroxylation sites is 1. The first-order valence-electron chi connectivity index (χ1n) is 19.3. The highest BCUT2D eigenvalue weighted by Gasteiger charge is 2.57. The van der Waals surface area contributed by atoms with E-state index in [0.717, 1.165) is 17.7 Å². The van der Waals surface area contributed by atoms with Crippen LogP contribution >= 0.6 is 0 Å². The summed E-state index contributed by atoms with van der Waals surface area (Å²) < 4.78 is 6.04. The van der Waals surface area contributed by atoms with Crippen LogP contribution in [0.2, 0.25) is 0 Å². The van der Waals surface area contributed by atoms with Crippen LogP contribution in [0.1, 0.15) is 62.0 Å². The fourth-order valence-electron chi connectivity index (χ4n) is 9.30. The van der Waals surface area contributed by atoms with Gasteiger partial charge in [0.05, 0.1) is 26.4 Å². The second kappa shape index (κ2) is 16.3. The van der Waals surface area contributed by atoms with Crippen molar-refractivity contribution in [1.82, 2.24) is 15.7 Å². The lowest BCUT2D eigenvalue weighted by atomic mass is 9.45. The van der Waals surface area contributed by atoms with Crippen LogP contribution in [-0.4, -0.2) is 91.1 Å². The molecule has 1 aliphatic heterocycles. The van der Waals surface area contributed by atoms with Crippen molar-refractivity contribution in [2.75, 3.05) is 32.7 Å². The number of rotatable bonds is 14. The first-order chi connectivity index (χ1) is 26.1. The molecular formula is C43H57N5O7. The number of nitrogens with two attached hydrogens (primary N) is 1. The van der Waals surface area contributed by atoms with Crippen molar-refractivity contribution in [3.63, 3.8) is 0 Å². The number of amides is 3. The smallest absolute Gasteiger partial charge is 0.252 e. The number of fused-ring (bicyclic) bond motifs is 2. The molecule has 4 fully saturated rings. The molecule has 2 bridgehead atoms. The lowest BCUT2D eigenvalue weighted by Crippen LogP contribution is -2.62. The molecule has 12 heteroatoms. The quantitative estimate of drug-likeness (QED) is 0.164. The van der Waals surface area contributed by atoms with Gasteiger partial charge in [-0.2, -0.15) is 5.06 Å². The molecule has 1 saturated heterocycles. The third-order valence-electron chi connectivity index (χ3n) is 12.6. The number of nitrogens with one attached hydrogen (secondary N) is 2. The number of nitrogens with zero attached hydrogens (tertiary/aromatic N) is 2. The molecule has 4 aliphatic rings. The van der Waals surface area contributed by atoms with Gasteiger partial charge in [-0.15, -0.1) is 0 Å². The number of aliphatic hydroxyl groups is 2. The summed E-state index contributed by atoms with van der Waals surface area (Å²) in [5.74, 6) is -0.0867. The molecule has 9 atom stereocenters. The third-order valence-corrected chi connectivity index (χ3v) is 12.6. The Balaban J connectivity index is 1.29. The first kappa shape index (κ1) is 40.2. The van der Waals surface area contributed by atoms with Gasteiger partial charge in [0.25, 0.3) is 5.91 Å². The standard InChI is InChI=1S/C43H57N5O7/c1-24-33-20-30(43(33,3)4)21-34(24)45-42(53)38-37(25(2)50)36(23-49)55-48(38)22-27-14-11-15-32(39(27)54-7)28-17-29(19-31(18-28)47(5)6)41(52)46-35(40(44)51)16-26-12-9-8-10-13-26/h8-15,17-19,24-25,30,33-38,49-50H,16,20-23H2,1-7H3,(H2,44,51)(H,45,53)(H,46,52)/t24-,25-,30+,33-,34?,35-,36-,37+,38-/m0/s1. The number of primary amides is 1. The summed E-state index contributed by atoms with van der Waals surface area (Å²) in [6.07, 6.45) is 0.628. The molecule has 55 heavy (non-hydrogen) atoms. The Bertz CT molecular complexity index is 1870. The largest absolute Gasteiger partial charge is 0.496 e. The monoisotopic (exact) mass is 755 g/mol. The highest BCUT2D eigenvalue weighted by molar-refractivity contribution is 5.99. The fourth-order valence-corrected chi connectivity index (χ4v) is 9.30. The fraction of sp³-hybridized carbons (Fsp3) is 0.512. The normalized spacial score (nSPS) is 26.7. The number of methoxy groups -OCH3 is 1. The van der Waals surface area contributed by atoms with E-state index in [4.69, 9.17) is 15.3 Å². The van der Waals surface area contributed by atoms with E-state index in [9.17, 15) is 24.6 Å². The van der Waals surface area contributed by atoms with Crippen LogP contribution in [0.5, 0.6) is 5.75 Å². The molecule has 3 aromatic carbocycles. The number of carbonyl (C=O) groups excluding carboxylic acids is 3. The van der Waals surface area contributed by atoms with E-state index in [-0.39, 0.29) is 36.9 Å². The summed E-state index contributed by atoms with van der Waals surface area (Å²) in [5.41, 5.74) is 10.0. The van der Waals surface area contributed by atoms with E-state index in [2.05, 4.69) is 31.4 Å². The molecule has 12 nitrogen and oxygen atoms in total. The number of carbonyl (C=O) groups is 3. The molecular weight excluding hydrogens is 699 g/mol. The van der Waals surface area contributed by atoms with E-state index in [1.165, 1.54) is 6.42 Å². The van der Waals surface area contributed by atoms with Crippen LogP contribution in [0.15, 0.2) is 66.7 Å². The lowest BCUT2D eigenvalue weighted by Gasteiger charge is -2.62. The van der Waals surface area contributed by atoms with Gasteiger partial charge in [-0.25, -0.2) is 0 Å². The zero-order chi connectivity index (χ0) is 39.8. The van der Waals surface area contributed by atoms with Gasteiger partial charge in [0.15, 0.2) is 0 Å². The SMILES string of the molecule is COc1c(CN2O[C@@H](CO)[C@@H]([C@H](C)O)[C@H]2C(=O)NC2C[C@H]3C[C@@H]([C@@H]2C)C3(C)C)cccc1-c1cc(C(=O)N[C@@H](Cc2ccccc2)C(N)=O)cc(N(C)C)c1. The third kappa shape index (κ3) is 8.09. The van der Waals surface area contributed by atoms with E-state index < -0.39 is 42.0 Å². The van der Waals surface area contributed by atoms with Gasteiger partial charge in [0.2, 0.25) is 11.8 Å². The first-order valence-corrected chi connectivity index (χ1v) is 19.3. The van der Waals surface area contributed by atoms with Crippen molar-refractivity contribution >= 4 is 23.4 Å². The summed E-state index contributed by atoms with van der Waals surface area (Å²) in [5, 5.41) is 29.0. The molecule has 1 heterocycles. The maximum Gasteiger partial charge on any atom is 0.252 e. The van der Waals surface area contributed by atoms with Crippen LogP contribution < -0.4 is 26.0 Å². The Hall–Kier alpha value is -4.49. The Kier molecular flexibility index (Phi) is 11.9. The highest BCUT2D eigenvalue weighted by atomic mass is 16.7. The minimum Gasteiger partial charge on any atom is -0.496 e. The summed E-state index contributed by atoms with van der Waals surface area (Å²) in [6, 6.07) is 18.7. The molecule has 296 valence electrons. The minimum atomic E-state index is -0.928. The van der Waals surface area contributed by atoms with Gasteiger partial charge in [0, 0.05) is 54.9 Å². The summed E-state index contributed by atoms with van der Waals surface area (Å²) in [4.78, 5) is 48.6. The zero-order valence-electron chi connectivity index (χ0n) is 33.0. The number of aliphatic hydroxyl groups excluding tert-OH is 2. The van der Waals surface area contributed by atoms with Crippen LogP contribution in [0.25, 0.3) is 11.1 Å². The molecule has 0 radical (unpaired) electrons. The summed E-state index contributed by atoms with van der Waals surface area (Å²) in [7, 11) is 5.31. The second-order valence-corrected chi connectivity index (χ2v) is 16.5. The molecule has 3 saturated carbocycles. The molecule has 3 amide bonds. The second-order valence-electron chi connectivity index (χ2n) is 16.5. The van der Waals surface area contributed by atoms with Crippen molar-refractivity contribution in [2.45, 2.75) is 83.8 Å². The van der Waals surface area contributed by atoms with Crippen LogP contribution in [0.4, 0.5) is 5.69 Å². The topological polar surface area (TPSA) is 167 Å². The molecule has 0 aromatic heterocycles. The van der Waals surface area contributed by atoms with E-state index in [0.29, 0.717) is 45.8 Å². The Labute approximate surface area is 324 Å². The number of anilines is 1. The molecule has 1 unspecified atom stereocenters. The predicted octanol–water partition coefficient (Wildman–Crippen LogP) is 3.92. The predicted molar refractivity (Wildman–Crippen MR) is 211 cm³/mol. The Morgan fingerprint density at radius 1 is 1.07 bits per heavy atom. The average Bonchev–Trinajstić information content (AvgIpc) is 3.53. The number of benzene rings is 3. The van der Waals surface area contributed by atoms with Crippen LogP contribution in [-0.2, 0) is 27.4 Å². The minimum absolute atomic E-state index is 0.0128. The highest BCUT2D eigenvalue weighted by Crippen LogP contribution is 2.61. The lowest BCUT2D eigenvalue weighted by molar-refractivity contribution is -0.183. The van der Waals surface area contributed by atoms with Crippen LogP contribution in [0, 0.1) is 29.1 Å². The average molecular weight is 756 g/mol. The van der Waals surface area contributed by atoms with E-state index in [1.807, 2.05) is 73.6 Å². The number of hydrogen-bond donors (Lipinski definition) is 5. The maximum absolute atomic E-state index is 14.3. The van der Waals surface area contributed by atoms with Crippen molar-refractivity contribution in [2.24, 2.45) is 34.8 Å². The van der Waals surface area contributed by atoms with Crippen LogP contribution in [0.3, 0.4) is 0 Å². The molecule has 3 aromatic rings. The maximum atomic E-state index is 14.3. The van der Waals surface area contributed by atoms with Gasteiger partial charge < -0.3 is 36.2 Å². The summed E-state index contributed by atoms with van der Waals surface area (Å²) in [6.45, 7) is 8.24. The Morgan fingerprint density at radius 3 is 2.40 bits per heavy atom. The number of hydroxylamine groups is 2. The van der Waals surface area contributed by atoms with Gasteiger partial charge in [0.1, 0.15) is 23.9 Å². The molecule has 6 N–H and O–H groups in total. The summed E-state index contributed by atoms with van der Waals surface area (Å²) >= 11 is 0. The van der Waals surface area contributed by atoms with Crippen molar-refractivity contribution < 1.29 is 34.2 Å². The molecule has 3 aliphatic carbocycles. The number of hydrogen-bond acceptors (Lipinski definition) is 9. The van der Waals surface area contributed by atoms with Gasteiger partial charge in [-0.05, 0) is 72.3 Å². The van der Waals surface area contributed by atoms with Gasteiger partial charge in [-0.1, -0.05) is 69.3 Å². The number of ether oxygens (including phenoxy) is 1. The van der Waals surface area contributed by atoms with Gasteiger partial charge >= 0.3 is 0 Å². The Morgan fingerprint density at radius 2 is 1.80 bits per heavy atom. The van der Waals surface area contributed by atoms with E-state index >= 15 is 0 Å². The van der Waals surface area contributed by atoms with Crippen molar-refractivity contribution in [3.05, 3.63) is 83.4 Å². The van der Waals surface area contributed by atoms with Crippen molar-refractivity contribution in [3.8, 4) is 16.9 Å². The molecule has 7 rings (SSSR count). The molecule has 0 spiro atoms. The van der Waals surface area contributed by atoms with Gasteiger partial charge in [-0.3, -0.25) is 19.2 Å². The zero-order valence-corrected chi connectivity index (χ0v) is 33.0.